The van der Waals surface area contributed by atoms with Gasteiger partial charge in [-0.2, -0.15) is 5.26 Å². The van der Waals surface area contributed by atoms with Gasteiger partial charge in [0.1, 0.15) is 23.5 Å². The molecule has 1 aliphatic rings. The number of urea groups is 1. The van der Waals surface area contributed by atoms with Crippen molar-refractivity contribution in [2.45, 2.75) is 31.7 Å². The molecule has 1 saturated carbocycles. The maximum Gasteiger partial charge on any atom is 0.343 e. The Kier molecular flexibility index (Phi) is 7.67. The summed E-state index contributed by atoms with van der Waals surface area (Å²) in [5.41, 5.74) is 1.56. The summed E-state index contributed by atoms with van der Waals surface area (Å²) in [5, 5.41) is 14.2. The number of nitrogens with one attached hydrogen (secondary N) is 2. The SMILES string of the molecule is CCC(=O)c1ccc(F)c([C@@H]2C[C@@H]2NC(=O)Nc2ccc(C#N)cn2)c1OC(=O)c1cccc(N(C)C)c1. The number of amides is 2. The van der Waals surface area contributed by atoms with Gasteiger partial charge in [-0.25, -0.2) is 19.0 Å². The van der Waals surface area contributed by atoms with Gasteiger partial charge in [0.15, 0.2) is 5.78 Å². The summed E-state index contributed by atoms with van der Waals surface area (Å²) < 4.78 is 20.9. The maximum atomic E-state index is 15.2. The van der Waals surface area contributed by atoms with Crippen LogP contribution in [0.25, 0.3) is 0 Å². The fourth-order valence-corrected chi connectivity index (χ4v) is 4.03. The van der Waals surface area contributed by atoms with Crippen molar-refractivity contribution in [1.82, 2.24) is 10.3 Å². The van der Waals surface area contributed by atoms with E-state index in [2.05, 4.69) is 15.6 Å². The molecule has 1 heterocycles. The third kappa shape index (κ3) is 5.78. The van der Waals surface area contributed by atoms with E-state index in [0.717, 1.165) is 5.69 Å². The number of anilines is 2. The predicted molar refractivity (Wildman–Crippen MR) is 139 cm³/mol. The van der Waals surface area contributed by atoms with Gasteiger partial charge in [-0.15, -0.1) is 0 Å². The van der Waals surface area contributed by atoms with Crippen molar-refractivity contribution in [3.05, 3.63) is 82.8 Å². The predicted octanol–water partition coefficient (Wildman–Crippen LogP) is 4.65. The number of benzene rings is 2. The van der Waals surface area contributed by atoms with Crippen molar-refractivity contribution in [1.29, 1.82) is 5.26 Å². The first-order valence-electron chi connectivity index (χ1n) is 12.0. The highest BCUT2D eigenvalue weighted by Gasteiger charge is 2.44. The van der Waals surface area contributed by atoms with Crippen LogP contribution in [0, 0.1) is 17.1 Å². The van der Waals surface area contributed by atoms with Gasteiger partial charge in [-0.3, -0.25) is 10.1 Å². The summed E-state index contributed by atoms with van der Waals surface area (Å²) in [7, 11) is 3.67. The number of aromatic nitrogens is 1. The molecule has 10 heteroatoms. The summed E-state index contributed by atoms with van der Waals surface area (Å²) in [5.74, 6) is -2.04. The Morgan fingerprint density at radius 1 is 1.18 bits per heavy atom. The number of Topliss-reactive ketones (excluding diaryl/α,β-unsaturated/α-hetero) is 1. The van der Waals surface area contributed by atoms with Crippen molar-refractivity contribution in [3.63, 3.8) is 0 Å². The van der Waals surface area contributed by atoms with Gasteiger partial charge in [0, 0.05) is 49.9 Å². The smallest absolute Gasteiger partial charge is 0.343 e. The second-order valence-electron chi connectivity index (χ2n) is 9.04. The number of rotatable bonds is 8. The Morgan fingerprint density at radius 3 is 2.63 bits per heavy atom. The minimum Gasteiger partial charge on any atom is -0.422 e. The first kappa shape index (κ1) is 26.3. The van der Waals surface area contributed by atoms with E-state index in [0.29, 0.717) is 12.0 Å². The summed E-state index contributed by atoms with van der Waals surface area (Å²) in [6.45, 7) is 1.67. The minimum atomic E-state index is -0.722. The molecule has 2 aromatic carbocycles. The Bertz CT molecular complexity index is 1430. The molecule has 2 atom stereocenters. The zero-order valence-corrected chi connectivity index (χ0v) is 21.1. The van der Waals surface area contributed by atoms with Crippen molar-refractivity contribution in [2.75, 3.05) is 24.3 Å². The average Bonchev–Trinajstić information content (AvgIpc) is 3.66. The number of nitrogens with zero attached hydrogens (tertiary/aromatic N) is 3. The number of nitriles is 1. The highest BCUT2D eigenvalue weighted by Crippen LogP contribution is 2.47. The third-order valence-corrected chi connectivity index (χ3v) is 6.17. The van der Waals surface area contributed by atoms with Gasteiger partial charge < -0.3 is 15.0 Å². The summed E-state index contributed by atoms with van der Waals surface area (Å²) in [4.78, 5) is 44.1. The molecular formula is C28H26FN5O4. The molecule has 0 saturated heterocycles. The van der Waals surface area contributed by atoms with E-state index in [4.69, 9.17) is 10.00 Å². The van der Waals surface area contributed by atoms with E-state index in [1.54, 1.807) is 25.1 Å². The molecule has 0 bridgehead atoms. The van der Waals surface area contributed by atoms with Crippen LogP contribution in [0.4, 0.5) is 20.7 Å². The van der Waals surface area contributed by atoms with Crippen LogP contribution in [0.1, 0.15) is 57.5 Å². The highest BCUT2D eigenvalue weighted by atomic mass is 19.1. The molecule has 1 aromatic heterocycles. The van der Waals surface area contributed by atoms with Crippen LogP contribution in [0.15, 0.2) is 54.7 Å². The van der Waals surface area contributed by atoms with E-state index < -0.39 is 29.8 Å². The average molecular weight is 516 g/mol. The van der Waals surface area contributed by atoms with Crippen molar-refractivity contribution >= 4 is 29.3 Å². The maximum absolute atomic E-state index is 15.2. The molecule has 38 heavy (non-hydrogen) atoms. The molecule has 0 unspecified atom stereocenters. The normalized spacial score (nSPS) is 15.7. The lowest BCUT2D eigenvalue weighted by atomic mass is 9.99. The van der Waals surface area contributed by atoms with E-state index in [9.17, 15) is 14.4 Å². The Morgan fingerprint density at radius 2 is 1.97 bits per heavy atom. The zero-order chi connectivity index (χ0) is 27.4. The van der Waals surface area contributed by atoms with Crippen LogP contribution in [0.5, 0.6) is 5.75 Å². The largest absolute Gasteiger partial charge is 0.422 e. The number of hydrogen-bond acceptors (Lipinski definition) is 7. The Balaban J connectivity index is 1.57. The number of pyridine rings is 1. The van der Waals surface area contributed by atoms with Crippen LogP contribution < -0.4 is 20.3 Å². The minimum absolute atomic E-state index is 0.0724. The molecular weight excluding hydrogens is 489 g/mol. The molecule has 0 radical (unpaired) electrons. The van der Waals surface area contributed by atoms with Gasteiger partial charge in [0.25, 0.3) is 0 Å². The summed E-state index contributed by atoms with van der Waals surface area (Å²) >= 11 is 0. The molecule has 2 N–H and O–H groups in total. The fraction of sp³-hybridized carbons (Fsp3) is 0.250. The number of carbonyl (C=O) groups excluding carboxylic acids is 3. The topological polar surface area (TPSA) is 124 Å². The number of carbonyl (C=O) groups is 3. The molecule has 3 aromatic rings. The first-order chi connectivity index (χ1) is 18.2. The van der Waals surface area contributed by atoms with E-state index in [1.165, 1.54) is 30.5 Å². The van der Waals surface area contributed by atoms with Crippen LogP contribution in [0.3, 0.4) is 0 Å². The molecule has 1 fully saturated rings. The van der Waals surface area contributed by atoms with E-state index in [1.807, 2.05) is 31.1 Å². The number of ketones is 1. The van der Waals surface area contributed by atoms with Crippen LogP contribution in [-0.4, -0.2) is 42.9 Å². The summed E-state index contributed by atoms with van der Waals surface area (Å²) in [6, 6.07) is 13.2. The third-order valence-electron chi connectivity index (χ3n) is 6.17. The lowest BCUT2D eigenvalue weighted by molar-refractivity contribution is 0.0730. The molecule has 1 aliphatic carbocycles. The zero-order valence-electron chi connectivity index (χ0n) is 21.1. The second-order valence-corrected chi connectivity index (χ2v) is 9.04. The fourth-order valence-electron chi connectivity index (χ4n) is 4.03. The van der Waals surface area contributed by atoms with Crippen molar-refractivity contribution < 1.29 is 23.5 Å². The van der Waals surface area contributed by atoms with E-state index in [-0.39, 0.29) is 40.5 Å². The molecule has 194 valence electrons. The van der Waals surface area contributed by atoms with Crippen LogP contribution in [-0.2, 0) is 0 Å². The van der Waals surface area contributed by atoms with Gasteiger partial charge >= 0.3 is 12.0 Å². The molecule has 0 aliphatic heterocycles. The number of esters is 1. The lowest BCUT2D eigenvalue weighted by Crippen LogP contribution is -2.31. The highest BCUT2D eigenvalue weighted by molar-refractivity contribution is 6.01. The second kappa shape index (κ2) is 11.1. The molecule has 4 rings (SSSR count). The first-order valence-corrected chi connectivity index (χ1v) is 12.0. The molecule has 9 nitrogen and oxygen atoms in total. The molecule has 0 spiro atoms. The van der Waals surface area contributed by atoms with Gasteiger partial charge in [-0.05, 0) is 48.9 Å². The van der Waals surface area contributed by atoms with Crippen LogP contribution in [0.2, 0.25) is 0 Å². The number of ether oxygens (including phenoxy) is 1. The van der Waals surface area contributed by atoms with Crippen molar-refractivity contribution in [2.24, 2.45) is 0 Å². The number of hydrogen-bond donors (Lipinski definition) is 2. The molecule has 2 amide bonds. The summed E-state index contributed by atoms with van der Waals surface area (Å²) in [6.07, 6.45) is 1.85. The number of halogens is 1. The quantitative estimate of drug-likeness (QED) is 0.254. The van der Waals surface area contributed by atoms with Crippen molar-refractivity contribution in [3.8, 4) is 11.8 Å². The van der Waals surface area contributed by atoms with E-state index >= 15 is 4.39 Å². The monoisotopic (exact) mass is 515 g/mol. The lowest BCUT2D eigenvalue weighted by Gasteiger charge is -2.17. The van der Waals surface area contributed by atoms with Crippen LogP contribution >= 0.6 is 0 Å². The van der Waals surface area contributed by atoms with Gasteiger partial charge in [-0.1, -0.05) is 13.0 Å². The standard InChI is InChI=1S/C28H26FN5O4/c1-4-23(35)19-9-10-21(29)25(26(19)38-27(36)17-6-5-7-18(12-17)34(2)3)20-13-22(20)32-28(37)33-24-11-8-16(14-30)15-31-24/h5-12,15,20,22H,4,13H2,1-3H3,(H2,31,32,33,37)/t20-,22+/m1/s1. The Hall–Kier alpha value is -4.78. The Labute approximate surface area is 219 Å². The van der Waals surface area contributed by atoms with Gasteiger partial charge in [0.2, 0.25) is 0 Å². The van der Waals surface area contributed by atoms with Gasteiger partial charge in [0.05, 0.1) is 16.7 Å².